The lowest BCUT2D eigenvalue weighted by atomic mass is 10.2. The fourth-order valence-electron chi connectivity index (χ4n) is 1.72. The molecule has 2 N–H and O–H groups in total. The Kier molecular flexibility index (Phi) is 3.28. The van der Waals surface area contributed by atoms with E-state index in [9.17, 15) is 0 Å². The van der Waals surface area contributed by atoms with E-state index in [4.69, 9.17) is 0 Å². The van der Waals surface area contributed by atoms with E-state index in [1.807, 2.05) is 32.3 Å². The topological polar surface area (TPSA) is 37.0 Å². The summed E-state index contributed by atoms with van der Waals surface area (Å²) in [7, 11) is 1.90. The lowest BCUT2D eigenvalue weighted by Gasteiger charge is -2.11. The molecule has 1 aromatic heterocycles. The van der Waals surface area contributed by atoms with Gasteiger partial charge in [-0.05, 0) is 43.2 Å². The van der Waals surface area contributed by atoms with Crippen molar-refractivity contribution in [3.63, 3.8) is 0 Å². The number of aryl methyl sites for hydroxylation is 2. The Morgan fingerprint density at radius 1 is 1.06 bits per heavy atom. The van der Waals surface area contributed by atoms with Gasteiger partial charge in [-0.25, -0.2) is 4.98 Å². The van der Waals surface area contributed by atoms with Gasteiger partial charge in [0.05, 0.1) is 5.69 Å². The third kappa shape index (κ3) is 2.75. The van der Waals surface area contributed by atoms with E-state index < -0.39 is 0 Å². The van der Waals surface area contributed by atoms with Gasteiger partial charge in [-0.3, -0.25) is 0 Å². The molecule has 1 aromatic carbocycles. The van der Waals surface area contributed by atoms with Gasteiger partial charge in [0.25, 0.3) is 0 Å². The van der Waals surface area contributed by atoms with E-state index in [-0.39, 0.29) is 0 Å². The highest BCUT2D eigenvalue weighted by Gasteiger charge is 2.03. The quantitative estimate of drug-likeness (QED) is 0.842. The summed E-state index contributed by atoms with van der Waals surface area (Å²) in [5.41, 5.74) is 4.43. The number of anilines is 3. The highest BCUT2D eigenvalue weighted by Crippen LogP contribution is 2.23. The van der Waals surface area contributed by atoms with Gasteiger partial charge in [0, 0.05) is 18.9 Å². The summed E-state index contributed by atoms with van der Waals surface area (Å²) in [6.07, 6.45) is 1.86. The molecule has 0 bridgehead atoms. The lowest BCUT2D eigenvalue weighted by Crippen LogP contribution is -2.00. The maximum Gasteiger partial charge on any atom is 0.153 e. The van der Waals surface area contributed by atoms with Gasteiger partial charge in [-0.15, -0.1) is 0 Å². The van der Waals surface area contributed by atoms with Crippen LogP contribution in [0, 0.1) is 13.8 Å². The zero-order valence-electron chi connectivity index (χ0n) is 10.4. The van der Waals surface area contributed by atoms with Gasteiger partial charge >= 0.3 is 0 Å². The molecule has 0 amide bonds. The van der Waals surface area contributed by atoms with Crippen LogP contribution in [0.3, 0.4) is 0 Å². The predicted molar refractivity (Wildman–Crippen MR) is 73.0 cm³/mol. The van der Waals surface area contributed by atoms with Crippen LogP contribution < -0.4 is 10.6 Å². The second-order valence-corrected chi connectivity index (χ2v) is 4.15. The third-order valence-corrected chi connectivity index (χ3v) is 2.57. The first-order chi connectivity index (χ1) is 8.19. The van der Waals surface area contributed by atoms with Crippen LogP contribution in [0.5, 0.6) is 0 Å². The summed E-state index contributed by atoms with van der Waals surface area (Å²) in [6.45, 7) is 4.11. The van der Waals surface area contributed by atoms with Gasteiger partial charge in [-0.1, -0.05) is 12.1 Å². The molecule has 0 atom stereocenters. The van der Waals surface area contributed by atoms with E-state index in [2.05, 4.69) is 40.7 Å². The summed E-state index contributed by atoms with van der Waals surface area (Å²) in [5, 5.41) is 6.46. The number of rotatable bonds is 3. The molecular weight excluding hydrogens is 210 g/mol. The number of nitrogens with one attached hydrogen (secondary N) is 2. The number of pyridine rings is 1. The average molecular weight is 227 g/mol. The molecule has 0 unspecified atom stereocenters. The van der Waals surface area contributed by atoms with Crippen molar-refractivity contribution in [2.75, 3.05) is 17.7 Å². The summed E-state index contributed by atoms with van der Waals surface area (Å²) < 4.78 is 0. The van der Waals surface area contributed by atoms with Crippen LogP contribution in [-0.2, 0) is 0 Å². The number of hydrogen-bond acceptors (Lipinski definition) is 3. The fraction of sp³-hybridized carbons (Fsp3) is 0.214. The van der Waals surface area contributed by atoms with Crippen molar-refractivity contribution < 1.29 is 0 Å². The molecule has 88 valence electrons. The molecule has 0 aliphatic heterocycles. The summed E-state index contributed by atoms with van der Waals surface area (Å²) in [4.78, 5) is 4.40. The van der Waals surface area contributed by atoms with Crippen LogP contribution in [0.15, 0.2) is 36.5 Å². The van der Waals surface area contributed by atoms with Crippen LogP contribution in [0.25, 0.3) is 0 Å². The van der Waals surface area contributed by atoms with Crippen LogP contribution in [-0.4, -0.2) is 12.0 Å². The first-order valence-corrected chi connectivity index (χ1v) is 5.67. The third-order valence-electron chi connectivity index (χ3n) is 2.57. The second-order valence-electron chi connectivity index (χ2n) is 4.15. The van der Waals surface area contributed by atoms with Crippen molar-refractivity contribution in [2.24, 2.45) is 0 Å². The largest absolute Gasteiger partial charge is 0.385 e. The number of aromatic nitrogens is 1. The van der Waals surface area contributed by atoms with Crippen molar-refractivity contribution in [3.8, 4) is 0 Å². The summed E-state index contributed by atoms with van der Waals surface area (Å²) in [6, 6.07) is 10.3. The molecule has 2 aromatic rings. The monoisotopic (exact) mass is 227 g/mol. The zero-order valence-corrected chi connectivity index (χ0v) is 10.4. The molecule has 2 rings (SSSR count). The predicted octanol–water partition coefficient (Wildman–Crippen LogP) is 3.48. The Labute approximate surface area is 102 Å². The molecule has 0 aliphatic rings. The van der Waals surface area contributed by atoms with Gasteiger partial charge < -0.3 is 10.6 Å². The Balaban J connectivity index is 2.29. The first kappa shape index (κ1) is 11.5. The minimum absolute atomic E-state index is 0.851. The van der Waals surface area contributed by atoms with E-state index in [1.165, 1.54) is 5.56 Å². The maximum atomic E-state index is 4.40. The van der Waals surface area contributed by atoms with Crippen LogP contribution in [0.2, 0.25) is 0 Å². The SMILES string of the molecule is CNc1cc(C)cnc1Nc1cccc(C)c1. The van der Waals surface area contributed by atoms with Crippen molar-refractivity contribution in [1.82, 2.24) is 4.98 Å². The molecule has 1 heterocycles. The minimum Gasteiger partial charge on any atom is -0.385 e. The molecule has 0 radical (unpaired) electrons. The van der Waals surface area contributed by atoms with E-state index in [0.717, 1.165) is 22.8 Å². The van der Waals surface area contributed by atoms with Crippen molar-refractivity contribution in [2.45, 2.75) is 13.8 Å². The Hall–Kier alpha value is -2.03. The number of nitrogens with zero attached hydrogens (tertiary/aromatic N) is 1. The molecule has 0 saturated carbocycles. The summed E-state index contributed by atoms with van der Waals surface area (Å²) >= 11 is 0. The first-order valence-electron chi connectivity index (χ1n) is 5.67. The molecule has 0 aliphatic carbocycles. The highest BCUT2D eigenvalue weighted by molar-refractivity contribution is 5.71. The Morgan fingerprint density at radius 2 is 1.88 bits per heavy atom. The molecule has 3 heteroatoms. The number of benzene rings is 1. The Morgan fingerprint density at radius 3 is 2.59 bits per heavy atom. The van der Waals surface area contributed by atoms with Crippen molar-refractivity contribution >= 4 is 17.2 Å². The summed E-state index contributed by atoms with van der Waals surface area (Å²) in [5.74, 6) is 0.851. The van der Waals surface area contributed by atoms with Crippen molar-refractivity contribution in [3.05, 3.63) is 47.7 Å². The second kappa shape index (κ2) is 4.87. The van der Waals surface area contributed by atoms with Crippen LogP contribution in [0.1, 0.15) is 11.1 Å². The van der Waals surface area contributed by atoms with Crippen molar-refractivity contribution in [1.29, 1.82) is 0 Å². The smallest absolute Gasteiger partial charge is 0.153 e. The zero-order chi connectivity index (χ0) is 12.3. The standard InChI is InChI=1S/C14H17N3/c1-10-5-4-6-12(7-10)17-14-13(15-3)8-11(2)9-16-14/h4-9,15H,1-3H3,(H,16,17). The fourth-order valence-corrected chi connectivity index (χ4v) is 1.72. The highest BCUT2D eigenvalue weighted by atomic mass is 15.0. The Bertz CT molecular complexity index is 521. The average Bonchev–Trinajstić information content (AvgIpc) is 2.31. The lowest BCUT2D eigenvalue weighted by molar-refractivity contribution is 1.25. The molecule has 0 spiro atoms. The van der Waals surface area contributed by atoms with E-state index in [1.54, 1.807) is 0 Å². The molecular formula is C14H17N3. The maximum absolute atomic E-state index is 4.40. The minimum atomic E-state index is 0.851. The van der Waals surface area contributed by atoms with E-state index in [0.29, 0.717) is 0 Å². The molecule has 0 saturated heterocycles. The van der Waals surface area contributed by atoms with E-state index >= 15 is 0 Å². The molecule has 17 heavy (non-hydrogen) atoms. The van der Waals surface area contributed by atoms with Gasteiger partial charge in [0.1, 0.15) is 0 Å². The number of hydrogen-bond donors (Lipinski definition) is 2. The normalized spacial score (nSPS) is 10.1. The van der Waals surface area contributed by atoms with Gasteiger partial charge in [0.2, 0.25) is 0 Å². The van der Waals surface area contributed by atoms with Gasteiger partial charge in [0.15, 0.2) is 5.82 Å². The van der Waals surface area contributed by atoms with Crippen LogP contribution >= 0.6 is 0 Å². The van der Waals surface area contributed by atoms with Crippen LogP contribution in [0.4, 0.5) is 17.2 Å². The van der Waals surface area contributed by atoms with Gasteiger partial charge in [-0.2, -0.15) is 0 Å². The molecule has 3 nitrogen and oxygen atoms in total. The molecule has 0 fully saturated rings.